The molecule has 0 aromatic heterocycles. The molecule has 0 aliphatic heterocycles. The topological polar surface area (TPSA) is 127 Å². The predicted molar refractivity (Wildman–Crippen MR) is 104 cm³/mol. The molecular weight excluding hydrogens is 364 g/mol. The van der Waals surface area contributed by atoms with Crippen molar-refractivity contribution in [1.29, 1.82) is 5.26 Å². The maximum absolute atomic E-state index is 12.6. The molecule has 28 heavy (non-hydrogen) atoms. The summed E-state index contributed by atoms with van der Waals surface area (Å²) in [6, 6.07) is 6.62. The van der Waals surface area contributed by atoms with Gasteiger partial charge in [-0.15, -0.1) is 0 Å². The van der Waals surface area contributed by atoms with Crippen LogP contribution in [-0.2, 0) is 9.53 Å². The van der Waals surface area contributed by atoms with Gasteiger partial charge in [-0.2, -0.15) is 5.26 Å². The second-order valence-corrected chi connectivity index (χ2v) is 6.64. The van der Waals surface area contributed by atoms with Crippen LogP contribution in [0.4, 0.5) is 10.5 Å². The number of nitrogens with zero attached hydrogens (tertiary/aromatic N) is 2. The molecule has 0 radical (unpaired) electrons. The third kappa shape index (κ3) is 6.81. The summed E-state index contributed by atoms with van der Waals surface area (Å²) in [5, 5.41) is 12.0. The highest BCUT2D eigenvalue weighted by atomic mass is 16.6. The van der Waals surface area contributed by atoms with Crippen molar-refractivity contribution in [3.63, 3.8) is 0 Å². The van der Waals surface area contributed by atoms with Crippen molar-refractivity contribution in [3.05, 3.63) is 30.0 Å². The molecule has 0 unspecified atom stereocenters. The zero-order valence-corrected chi connectivity index (χ0v) is 16.7. The molecule has 0 fully saturated rings. The highest BCUT2D eigenvalue weighted by Crippen LogP contribution is 2.29. The van der Waals surface area contributed by atoms with Crippen LogP contribution in [-0.4, -0.2) is 49.8 Å². The lowest BCUT2D eigenvalue weighted by atomic mass is 10.2. The summed E-state index contributed by atoms with van der Waals surface area (Å²) in [6.07, 6.45) is 0.403. The van der Waals surface area contributed by atoms with E-state index >= 15 is 0 Å². The number of rotatable bonds is 7. The smallest absolute Gasteiger partial charge is 0.414 e. The molecule has 1 rings (SSSR count). The van der Waals surface area contributed by atoms with Crippen molar-refractivity contribution in [3.8, 4) is 17.6 Å². The quantitative estimate of drug-likeness (QED) is 0.540. The summed E-state index contributed by atoms with van der Waals surface area (Å²) in [6.45, 7) is 5.34. The molecule has 9 heteroatoms. The fourth-order valence-corrected chi connectivity index (χ4v) is 2.06. The van der Waals surface area contributed by atoms with Gasteiger partial charge in [0.25, 0.3) is 5.91 Å². The Balaban J connectivity index is 3.11. The lowest BCUT2D eigenvalue weighted by Crippen LogP contribution is -2.37. The van der Waals surface area contributed by atoms with Crippen LogP contribution in [0.25, 0.3) is 0 Å². The van der Waals surface area contributed by atoms with Gasteiger partial charge in [0.05, 0.1) is 19.9 Å². The Hall–Kier alpha value is -3.25. The highest BCUT2D eigenvalue weighted by molar-refractivity contribution is 6.07. The highest BCUT2D eigenvalue weighted by Gasteiger charge is 2.22. The molecule has 0 aliphatic carbocycles. The summed E-state index contributed by atoms with van der Waals surface area (Å²) in [5.41, 5.74) is 4.80. The maximum Gasteiger partial charge on any atom is 0.414 e. The zero-order valence-electron chi connectivity index (χ0n) is 16.7. The number of benzene rings is 1. The standard InChI is InChI=1S/C19H26N4O5/c1-19(2,3)28-18(25)23(9-8-20)12-13(11-21)17(24)22-15-10-14(26-4)6-7-16(15)27-5/h6-7,10,12H,8-9,20H2,1-5H3,(H,22,24)/b13-12-. The van der Waals surface area contributed by atoms with Crippen molar-refractivity contribution < 1.29 is 23.8 Å². The van der Waals surface area contributed by atoms with Crippen molar-refractivity contribution >= 4 is 17.7 Å². The number of carbonyl (C=O) groups is 2. The SMILES string of the molecule is COc1ccc(OC)c(NC(=O)/C(C#N)=C\N(CCN)C(=O)OC(C)(C)C)c1. The summed E-state index contributed by atoms with van der Waals surface area (Å²) < 4.78 is 15.6. The van der Waals surface area contributed by atoms with Gasteiger partial charge in [0, 0.05) is 25.4 Å². The van der Waals surface area contributed by atoms with Gasteiger partial charge >= 0.3 is 6.09 Å². The van der Waals surface area contributed by atoms with Crippen molar-refractivity contribution in [1.82, 2.24) is 4.90 Å². The van der Waals surface area contributed by atoms with Gasteiger partial charge < -0.3 is 25.3 Å². The van der Waals surface area contributed by atoms with Gasteiger partial charge in [0.2, 0.25) is 0 Å². The fourth-order valence-electron chi connectivity index (χ4n) is 2.06. The third-order valence-corrected chi connectivity index (χ3v) is 3.30. The summed E-state index contributed by atoms with van der Waals surface area (Å²) in [5.74, 6) is 0.161. The number of nitrogens with one attached hydrogen (secondary N) is 1. The average molecular weight is 390 g/mol. The van der Waals surface area contributed by atoms with E-state index in [-0.39, 0.29) is 18.7 Å². The molecule has 9 nitrogen and oxygen atoms in total. The number of nitriles is 1. The first-order valence-electron chi connectivity index (χ1n) is 8.50. The Labute approximate surface area is 164 Å². The van der Waals surface area contributed by atoms with E-state index < -0.39 is 17.6 Å². The van der Waals surface area contributed by atoms with E-state index in [2.05, 4.69) is 5.32 Å². The van der Waals surface area contributed by atoms with Gasteiger partial charge in [-0.1, -0.05) is 0 Å². The van der Waals surface area contributed by atoms with Gasteiger partial charge in [-0.25, -0.2) is 4.79 Å². The molecule has 152 valence electrons. The van der Waals surface area contributed by atoms with E-state index in [4.69, 9.17) is 19.9 Å². The van der Waals surface area contributed by atoms with Crippen molar-refractivity contribution in [2.24, 2.45) is 5.73 Å². The summed E-state index contributed by atoms with van der Waals surface area (Å²) in [4.78, 5) is 25.9. The van der Waals surface area contributed by atoms with Crippen LogP contribution >= 0.6 is 0 Å². The number of ether oxygens (including phenoxy) is 3. The van der Waals surface area contributed by atoms with Crippen LogP contribution in [0.15, 0.2) is 30.0 Å². The van der Waals surface area contributed by atoms with E-state index in [0.29, 0.717) is 17.2 Å². The Bertz CT molecular complexity index is 778. The zero-order chi connectivity index (χ0) is 21.3. The number of amides is 2. The van der Waals surface area contributed by atoms with Crippen LogP contribution in [0.2, 0.25) is 0 Å². The van der Waals surface area contributed by atoms with E-state index in [1.807, 2.05) is 0 Å². The van der Waals surface area contributed by atoms with Gasteiger partial charge in [0.15, 0.2) is 0 Å². The number of hydrogen-bond acceptors (Lipinski definition) is 7. The van der Waals surface area contributed by atoms with Crippen LogP contribution in [0, 0.1) is 11.3 Å². The largest absolute Gasteiger partial charge is 0.497 e. The van der Waals surface area contributed by atoms with Crippen LogP contribution in [0.5, 0.6) is 11.5 Å². The van der Waals surface area contributed by atoms with Crippen molar-refractivity contribution in [2.45, 2.75) is 26.4 Å². The minimum absolute atomic E-state index is 0.0792. The second kappa shape index (κ2) is 10.2. The van der Waals surface area contributed by atoms with E-state index in [9.17, 15) is 14.9 Å². The van der Waals surface area contributed by atoms with Crippen LogP contribution in [0.1, 0.15) is 20.8 Å². The molecule has 0 saturated carbocycles. The number of carbonyl (C=O) groups excluding carboxylic acids is 2. The first-order chi connectivity index (χ1) is 13.1. The van der Waals surface area contributed by atoms with Crippen LogP contribution in [0.3, 0.4) is 0 Å². The summed E-state index contributed by atoms with van der Waals surface area (Å²) in [7, 11) is 2.93. The Morgan fingerprint density at radius 3 is 2.46 bits per heavy atom. The third-order valence-electron chi connectivity index (χ3n) is 3.30. The molecule has 1 aromatic carbocycles. The normalized spacial score (nSPS) is 11.2. The molecule has 0 spiro atoms. The molecule has 2 amide bonds. The Morgan fingerprint density at radius 1 is 1.29 bits per heavy atom. The van der Waals surface area contributed by atoms with E-state index in [0.717, 1.165) is 11.1 Å². The first-order valence-corrected chi connectivity index (χ1v) is 8.50. The Kier molecular flexibility index (Phi) is 8.29. The molecule has 0 saturated heterocycles. The molecule has 1 aromatic rings. The fraction of sp³-hybridized carbons (Fsp3) is 0.421. The van der Waals surface area contributed by atoms with Gasteiger partial charge in [-0.05, 0) is 32.9 Å². The first kappa shape index (κ1) is 22.8. The summed E-state index contributed by atoms with van der Waals surface area (Å²) >= 11 is 0. The second-order valence-electron chi connectivity index (χ2n) is 6.64. The Morgan fingerprint density at radius 2 is 1.96 bits per heavy atom. The van der Waals surface area contributed by atoms with Crippen molar-refractivity contribution in [2.75, 3.05) is 32.6 Å². The lowest BCUT2D eigenvalue weighted by Gasteiger charge is -2.25. The molecule has 0 atom stereocenters. The monoisotopic (exact) mass is 390 g/mol. The number of hydrogen-bond donors (Lipinski definition) is 2. The molecular formula is C19H26N4O5. The molecule has 3 N–H and O–H groups in total. The minimum Gasteiger partial charge on any atom is -0.497 e. The average Bonchev–Trinajstić information content (AvgIpc) is 2.63. The lowest BCUT2D eigenvalue weighted by molar-refractivity contribution is -0.112. The maximum atomic E-state index is 12.6. The number of nitrogens with two attached hydrogens (primary N) is 1. The minimum atomic E-state index is -0.735. The predicted octanol–water partition coefficient (Wildman–Crippen LogP) is 2.25. The molecule has 0 aliphatic rings. The van der Waals surface area contributed by atoms with Gasteiger partial charge in [-0.3, -0.25) is 9.69 Å². The van der Waals surface area contributed by atoms with E-state index in [1.165, 1.54) is 14.2 Å². The number of methoxy groups -OCH3 is 2. The molecule has 0 heterocycles. The molecule has 0 bridgehead atoms. The van der Waals surface area contributed by atoms with E-state index in [1.54, 1.807) is 45.0 Å². The van der Waals surface area contributed by atoms with Gasteiger partial charge in [0.1, 0.15) is 28.7 Å². The van der Waals surface area contributed by atoms with Crippen LogP contribution < -0.4 is 20.5 Å². The number of anilines is 1.